The molecule has 0 atom stereocenters. The van der Waals surface area contributed by atoms with Crippen molar-refractivity contribution < 1.29 is 0 Å². The van der Waals surface area contributed by atoms with E-state index in [1.165, 1.54) is 55.7 Å². The molecule has 0 amide bonds. The fraction of sp³-hybridized carbons (Fsp3) is 0.824. The third-order valence-electron chi connectivity index (χ3n) is 6.61. The minimum absolute atomic E-state index is 0.457. The Morgan fingerprint density at radius 2 is 1.75 bits per heavy atom. The normalized spacial score (nSPS) is 42.0. The van der Waals surface area contributed by atoms with Gasteiger partial charge in [0.05, 0.1) is 11.4 Å². The summed E-state index contributed by atoms with van der Waals surface area (Å²) in [4.78, 5) is 5.11. The second kappa shape index (κ2) is 3.88. The molecule has 1 aromatic heterocycles. The average molecular weight is 271 g/mol. The van der Waals surface area contributed by atoms with Crippen molar-refractivity contribution in [3.8, 4) is 0 Å². The molecule has 0 unspecified atom stereocenters. The predicted molar refractivity (Wildman–Crippen MR) is 78.5 cm³/mol. The summed E-state index contributed by atoms with van der Waals surface area (Å²) in [7, 11) is 0. The number of rotatable bonds is 1. The molecule has 0 radical (unpaired) electrons. The van der Waals surface area contributed by atoms with Crippen molar-refractivity contribution in [1.29, 1.82) is 0 Å². The first kappa shape index (κ1) is 11.8. The van der Waals surface area contributed by atoms with Crippen LogP contribution in [0.1, 0.15) is 55.7 Å². The summed E-state index contributed by atoms with van der Waals surface area (Å²) in [5, 5.41) is 3.57. The Labute approximate surface area is 121 Å². The zero-order valence-corrected chi connectivity index (χ0v) is 12.5. The number of aromatic nitrogens is 2. The number of hydrogen-bond donors (Lipinski definition) is 1. The van der Waals surface area contributed by atoms with E-state index in [4.69, 9.17) is 4.98 Å². The van der Waals surface area contributed by atoms with Crippen molar-refractivity contribution in [3.05, 3.63) is 17.2 Å². The highest BCUT2D eigenvalue weighted by molar-refractivity contribution is 5.30. The van der Waals surface area contributed by atoms with Crippen molar-refractivity contribution in [2.75, 3.05) is 6.54 Å². The van der Waals surface area contributed by atoms with Crippen LogP contribution in [0.25, 0.3) is 0 Å². The van der Waals surface area contributed by atoms with Crippen LogP contribution in [-0.4, -0.2) is 16.1 Å². The Hall–Kier alpha value is -0.830. The first-order valence-electron chi connectivity index (χ1n) is 8.51. The highest BCUT2D eigenvalue weighted by Gasteiger charge is 2.53. The Morgan fingerprint density at radius 1 is 1.10 bits per heavy atom. The Balaban J connectivity index is 1.63. The molecule has 3 nitrogen and oxygen atoms in total. The van der Waals surface area contributed by atoms with Gasteiger partial charge in [-0.05, 0) is 63.2 Å². The SMILES string of the molecule is Cc1nc(C23CC4CC(CC(C4)C2)C3)c2n1CCNC2. The summed E-state index contributed by atoms with van der Waals surface area (Å²) in [5.74, 6) is 4.29. The molecule has 1 aromatic rings. The van der Waals surface area contributed by atoms with Gasteiger partial charge in [-0.15, -0.1) is 0 Å². The summed E-state index contributed by atoms with van der Waals surface area (Å²) in [5.41, 5.74) is 3.48. The fourth-order valence-electron chi connectivity index (χ4n) is 6.31. The second-order valence-electron chi connectivity index (χ2n) is 7.98. The molecule has 4 aliphatic carbocycles. The molecule has 0 saturated heterocycles. The molecule has 0 spiro atoms. The molecular weight excluding hydrogens is 246 g/mol. The third-order valence-corrected chi connectivity index (χ3v) is 6.61. The Bertz CT molecular complexity index is 522. The summed E-state index contributed by atoms with van der Waals surface area (Å²) in [6.07, 6.45) is 8.86. The van der Waals surface area contributed by atoms with Crippen molar-refractivity contribution in [1.82, 2.24) is 14.9 Å². The van der Waals surface area contributed by atoms with Gasteiger partial charge >= 0.3 is 0 Å². The maximum Gasteiger partial charge on any atom is 0.106 e. The average Bonchev–Trinajstić information content (AvgIpc) is 2.76. The number of nitrogens with one attached hydrogen (secondary N) is 1. The smallest absolute Gasteiger partial charge is 0.106 e. The van der Waals surface area contributed by atoms with Crippen LogP contribution in [0.2, 0.25) is 0 Å². The molecule has 3 heteroatoms. The summed E-state index contributed by atoms with van der Waals surface area (Å²) >= 11 is 0. The van der Waals surface area contributed by atoms with Gasteiger partial charge in [0.2, 0.25) is 0 Å². The van der Waals surface area contributed by atoms with Gasteiger partial charge < -0.3 is 9.88 Å². The predicted octanol–water partition coefficient (Wildman–Crippen LogP) is 2.76. The molecule has 6 rings (SSSR count). The number of aryl methyl sites for hydroxylation is 1. The fourth-order valence-corrected chi connectivity index (χ4v) is 6.31. The van der Waals surface area contributed by atoms with E-state index in [1.54, 1.807) is 0 Å². The van der Waals surface area contributed by atoms with Crippen LogP contribution in [0.15, 0.2) is 0 Å². The van der Waals surface area contributed by atoms with Gasteiger partial charge in [0.25, 0.3) is 0 Å². The van der Waals surface area contributed by atoms with Crippen molar-refractivity contribution in [3.63, 3.8) is 0 Å². The molecular formula is C17H25N3. The van der Waals surface area contributed by atoms with Crippen LogP contribution < -0.4 is 5.32 Å². The Morgan fingerprint density at radius 3 is 2.40 bits per heavy atom. The molecule has 4 bridgehead atoms. The zero-order chi connectivity index (χ0) is 13.3. The monoisotopic (exact) mass is 271 g/mol. The van der Waals surface area contributed by atoms with Gasteiger partial charge in [-0.3, -0.25) is 0 Å². The van der Waals surface area contributed by atoms with E-state index in [0.29, 0.717) is 5.41 Å². The van der Waals surface area contributed by atoms with Gasteiger partial charge in [0, 0.05) is 25.0 Å². The molecule has 1 N–H and O–H groups in total. The topological polar surface area (TPSA) is 29.9 Å². The van der Waals surface area contributed by atoms with E-state index in [1.807, 2.05) is 0 Å². The van der Waals surface area contributed by atoms with Crippen molar-refractivity contribution in [2.24, 2.45) is 17.8 Å². The van der Waals surface area contributed by atoms with E-state index in [2.05, 4.69) is 16.8 Å². The summed E-state index contributed by atoms with van der Waals surface area (Å²) < 4.78 is 2.49. The van der Waals surface area contributed by atoms with Crippen LogP contribution in [0.4, 0.5) is 0 Å². The van der Waals surface area contributed by atoms with Crippen LogP contribution in [0.5, 0.6) is 0 Å². The van der Waals surface area contributed by atoms with E-state index >= 15 is 0 Å². The lowest BCUT2D eigenvalue weighted by molar-refractivity contribution is -0.00763. The summed E-state index contributed by atoms with van der Waals surface area (Å²) in [6, 6.07) is 0. The molecule has 0 aromatic carbocycles. The van der Waals surface area contributed by atoms with Gasteiger partial charge in [0.1, 0.15) is 5.82 Å². The maximum atomic E-state index is 5.11. The van der Waals surface area contributed by atoms with Gasteiger partial charge in [0.15, 0.2) is 0 Å². The quantitative estimate of drug-likeness (QED) is 0.851. The van der Waals surface area contributed by atoms with E-state index in [0.717, 1.165) is 37.4 Å². The highest BCUT2D eigenvalue weighted by Crippen LogP contribution is 2.61. The van der Waals surface area contributed by atoms with E-state index < -0.39 is 0 Å². The number of nitrogens with zero attached hydrogens (tertiary/aromatic N) is 2. The first-order valence-corrected chi connectivity index (χ1v) is 8.51. The minimum Gasteiger partial charge on any atom is -0.330 e. The summed E-state index contributed by atoms with van der Waals surface area (Å²) in [6.45, 7) is 5.46. The van der Waals surface area contributed by atoms with Gasteiger partial charge in [-0.1, -0.05) is 0 Å². The van der Waals surface area contributed by atoms with E-state index in [9.17, 15) is 0 Å². The first-order chi connectivity index (χ1) is 9.73. The van der Waals surface area contributed by atoms with Crippen molar-refractivity contribution >= 4 is 0 Å². The standard InChI is InChI=1S/C17H25N3/c1-11-19-16(15-10-18-2-3-20(11)15)17-7-12-4-13(8-17)6-14(5-12)9-17/h12-14,18H,2-10H2,1H3. The molecule has 4 fully saturated rings. The minimum atomic E-state index is 0.457. The molecule has 20 heavy (non-hydrogen) atoms. The highest BCUT2D eigenvalue weighted by atomic mass is 15.2. The van der Waals surface area contributed by atoms with E-state index in [-0.39, 0.29) is 0 Å². The third kappa shape index (κ3) is 1.47. The number of fused-ring (bicyclic) bond motifs is 1. The molecule has 1 aliphatic heterocycles. The molecule has 5 aliphatic rings. The lowest BCUT2D eigenvalue weighted by Gasteiger charge is -2.56. The van der Waals surface area contributed by atoms with Gasteiger partial charge in [-0.25, -0.2) is 4.98 Å². The van der Waals surface area contributed by atoms with Crippen molar-refractivity contribution in [2.45, 2.75) is 64.0 Å². The van der Waals surface area contributed by atoms with Gasteiger partial charge in [-0.2, -0.15) is 0 Å². The second-order valence-corrected chi connectivity index (χ2v) is 7.98. The van der Waals surface area contributed by atoms with Crippen LogP contribution in [-0.2, 0) is 18.5 Å². The molecule has 2 heterocycles. The molecule has 108 valence electrons. The zero-order valence-electron chi connectivity index (χ0n) is 12.5. The number of imidazole rings is 1. The number of hydrogen-bond acceptors (Lipinski definition) is 2. The largest absolute Gasteiger partial charge is 0.330 e. The lowest BCUT2D eigenvalue weighted by atomic mass is 9.48. The van der Waals surface area contributed by atoms with Crippen LogP contribution in [0, 0.1) is 24.7 Å². The van der Waals surface area contributed by atoms with Crippen LogP contribution in [0.3, 0.4) is 0 Å². The Kier molecular flexibility index (Phi) is 2.29. The van der Waals surface area contributed by atoms with Crippen LogP contribution >= 0.6 is 0 Å². The molecule has 4 saturated carbocycles. The maximum absolute atomic E-state index is 5.11. The lowest BCUT2D eigenvalue weighted by Crippen LogP contribution is -2.49.